The molecule has 3 heterocycles. The molecule has 5 rings (SSSR count). The monoisotopic (exact) mass is 467 g/mol. The first kappa shape index (κ1) is 22.8. The van der Waals surface area contributed by atoms with Gasteiger partial charge in [-0.25, -0.2) is 0 Å². The number of carbonyl (C=O) groups is 3. The van der Waals surface area contributed by atoms with Gasteiger partial charge in [0.05, 0.1) is 11.1 Å². The number of aromatic amines is 2. The summed E-state index contributed by atoms with van der Waals surface area (Å²) < 4.78 is 0. The Morgan fingerprint density at radius 1 is 0.743 bits per heavy atom. The lowest BCUT2D eigenvalue weighted by Crippen LogP contribution is -2.32. The van der Waals surface area contributed by atoms with Crippen LogP contribution in [0.15, 0.2) is 60.9 Å². The van der Waals surface area contributed by atoms with Crippen molar-refractivity contribution in [3.63, 3.8) is 0 Å². The molecule has 6 nitrogen and oxygen atoms in total. The number of nitrogens with zero attached hydrogens (tertiary/aromatic N) is 1. The van der Waals surface area contributed by atoms with Gasteiger partial charge in [-0.05, 0) is 25.0 Å². The lowest BCUT2D eigenvalue weighted by atomic mass is 9.95. The van der Waals surface area contributed by atoms with Gasteiger partial charge in [0.1, 0.15) is 5.78 Å². The number of Topliss-reactive ketones (excluding diaryl/α,β-unsaturated/α-hetero) is 1. The molecule has 6 heteroatoms. The van der Waals surface area contributed by atoms with E-state index in [2.05, 4.69) is 9.97 Å². The fraction of sp³-hybridized carbons (Fsp3) is 0.276. The summed E-state index contributed by atoms with van der Waals surface area (Å²) >= 11 is 0. The van der Waals surface area contributed by atoms with E-state index >= 15 is 0 Å². The highest BCUT2D eigenvalue weighted by Crippen LogP contribution is 2.40. The molecule has 178 valence electrons. The predicted octanol–water partition coefficient (Wildman–Crippen LogP) is 5.86. The number of benzene rings is 2. The number of H-pyrrole nitrogens is 2. The number of aromatic nitrogens is 2. The van der Waals surface area contributed by atoms with E-state index in [0.717, 1.165) is 58.6 Å². The molecule has 0 saturated heterocycles. The average molecular weight is 468 g/mol. The maximum atomic E-state index is 13.7. The van der Waals surface area contributed by atoms with E-state index in [1.165, 1.54) is 4.90 Å². The molecular formula is C29H29N3O3. The number of fused-ring (bicyclic) bond motifs is 2. The molecule has 2 aromatic heterocycles. The van der Waals surface area contributed by atoms with Crippen LogP contribution in [0.1, 0.15) is 56.6 Å². The minimum absolute atomic E-state index is 0.249. The van der Waals surface area contributed by atoms with Crippen LogP contribution < -0.4 is 0 Å². The van der Waals surface area contributed by atoms with E-state index in [9.17, 15) is 14.4 Å². The zero-order valence-electron chi connectivity index (χ0n) is 19.9. The van der Waals surface area contributed by atoms with E-state index in [4.69, 9.17) is 0 Å². The highest BCUT2D eigenvalue weighted by atomic mass is 16.2. The first-order chi connectivity index (χ1) is 17.1. The summed E-state index contributed by atoms with van der Waals surface area (Å²) in [6, 6.07) is 15.6. The number of hydrogen-bond donors (Lipinski definition) is 2. The van der Waals surface area contributed by atoms with E-state index in [1.807, 2.05) is 67.8 Å². The number of unbranched alkanes of at least 4 members (excludes halogenated alkanes) is 3. The van der Waals surface area contributed by atoms with Gasteiger partial charge >= 0.3 is 0 Å². The van der Waals surface area contributed by atoms with Crippen molar-refractivity contribution in [1.29, 1.82) is 0 Å². The number of rotatable bonds is 10. The SMILES string of the molecule is CCC(=O)CCCCCCN1C(=O)C(c2c[nH]c3ccccc23)=C(c2c[nH]c3ccccc23)C1=O. The van der Waals surface area contributed by atoms with Crippen molar-refractivity contribution in [2.75, 3.05) is 6.54 Å². The Kier molecular flexibility index (Phi) is 6.36. The maximum absolute atomic E-state index is 13.7. The molecule has 1 aliphatic heterocycles. The Morgan fingerprint density at radius 2 is 1.26 bits per heavy atom. The van der Waals surface area contributed by atoms with Gasteiger partial charge in [0.2, 0.25) is 0 Å². The van der Waals surface area contributed by atoms with Crippen LogP contribution >= 0.6 is 0 Å². The quantitative estimate of drug-likeness (QED) is 0.226. The number of hydrogen-bond acceptors (Lipinski definition) is 3. The molecule has 0 saturated carbocycles. The summed E-state index contributed by atoms with van der Waals surface area (Å²) in [5, 5.41) is 1.84. The third-order valence-corrected chi connectivity index (χ3v) is 6.87. The maximum Gasteiger partial charge on any atom is 0.262 e. The molecule has 0 aliphatic carbocycles. The molecule has 0 fully saturated rings. The molecule has 0 spiro atoms. The molecule has 0 unspecified atom stereocenters. The topological polar surface area (TPSA) is 86.0 Å². The van der Waals surface area contributed by atoms with Gasteiger partial charge in [0.25, 0.3) is 11.8 Å². The molecule has 0 bridgehead atoms. The van der Waals surface area contributed by atoms with Crippen molar-refractivity contribution in [1.82, 2.24) is 14.9 Å². The summed E-state index contributed by atoms with van der Waals surface area (Å²) in [6.45, 7) is 2.26. The Hall–Kier alpha value is -3.93. The van der Waals surface area contributed by atoms with Gasteiger partial charge in [-0.1, -0.05) is 56.2 Å². The van der Waals surface area contributed by atoms with Gasteiger partial charge in [-0.2, -0.15) is 0 Å². The van der Waals surface area contributed by atoms with Gasteiger partial charge in [-0.3, -0.25) is 19.3 Å². The summed E-state index contributed by atoms with van der Waals surface area (Å²) in [6.07, 6.45) is 8.21. The molecule has 2 N–H and O–H groups in total. The molecule has 0 radical (unpaired) electrons. The molecular weight excluding hydrogens is 438 g/mol. The van der Waals surface area contributed by atoms with Crippen LogP contribution in [0.5, 0.6) is 0 Å². The van der Waals surface area contributed by atoms with Crippen LogP contribution in [0.4, 0.5) is 0 Å². The Labute approximate surface area is 204 Å². The Morgan fingerprint density at radius 3 is 1.80 bits per heavy atom. The summed E-state index contributed by atoms with van der Waals surface area (Å²) in [5.74, 6) is -0.215. The largest absolute Gasteiger partial charge is 0.361 e. The number of nitrogens with one attached hydrogen (secondary N) is 2. The zero-order valence-corrected chi connectivity index (χ0v) is 19.9. The van der Waals surface area contributed by atoms with E-state index < -0.39 is 0 Å². The number of para-hydroxylation sites is 2. The van der Waals surface area contributed by atoms with Gasteiger partial charge in [-0.15, -0.1) is 0 Å². The summed E-state index contributed by atoms with van der Waals surface area (Å²) in [4.78, 5) is 46.9. The molecule has 35 heavy (non-hydrogen) atoms. The Balaban J connectivity index is 1.47. The lowest BCUT2D eigenvalue weighted by molar-refractivity contribution is -0.136. The molecule has 0 atom stereocenters. The highest BCUT2D eigenvalue weighted by Gasteiger charge is 2.40. The van der Waals surface area contributed by atoms with Crippen molar-refractivity contribution in [2.45, 2.75) is 45.4 Å². The minimum atomic E-state index is -0.249. The van der Waals surface area contributed by atoms with E-state index in [1.54, 1.807) is 0 Å². The van der Waals surface area contributed by atoms with Crippen LogP contribution in [0, 0.1) is 0 Å². The molecule has 2 amide bonds. The highest BCUT2D eigenvalue weighted by molar-refractivity contribution is 6.50. The zero-order chi connectivity index (χ0) is 24.4. The van der Waals surface area contributed by atoms with Crippen molar-refractivity contribution >= 4 is 50.5 Å². The average Bonchev–Trinajstić information content (AvgIpc) is 3.56. The van der Waals surface area contributed by atoms with Crippen LogP contribution in [0.3, 0.4) is 0 Å². The van der Waals surface area contributed by atoms with Crippen molar-refractivity contribution < 1.29 is 14.4 Å². The fourth-order valence-electron chi connectivity index (χ4n) is 4.96. The molecule has 4 aromatic rings. The standard InChI is InChI=1S/C29H29N3O3/c1-2-19(33)11-5-3-4-10-16-32-28(34)26(22-17-30-24-14-8-6-12-20(22)24)27(29(32)35)23-18-31-25-15-9-7-13-21(23)25/h6-9,12-15,17-18,30-31H,2-5,10-11,16H2,1H3. The summed E-state index contributed by atoms with van der Waals surface area (Å²) in [7, 11) is 0. The van der Waals surface area contributed by atoms with Crippen LogP contribution in [0.2, 0.25) is 0 Å². The van der Waals surface area contributed by atoms with Crippen molar-refractivity contribution in [3.8, 4) is 0 Å². The second-order valence-electron chi connectivity index (χ2n) is 9.06. The first-order valence-corrected chi connectivity index (χ1v) is 12.3. The lowest BCUT2D eigenvalue weighted by Gasteiger charge is -2.15. The molecule has 1 aliphatic rings. The minimum Gasteiger partial charge on any atom is -0.361 e. The van der Waals surface area contributed by atoms with Crippen molar-refractivity contribution in [2.24, 2.45) is 0 Å². The number of ketones is 1. The van der Waals surface area contributed by atoms with Gasteiger partial charge in [0, 0.05) is 64.7 Å². The third kappa shape index (κ3) is 4.20. The van der Waals surface area contributed by atoms with Crippen LogP contribution in [0.25, 0.3) is 33.0 Å². The molecule has 2 aromatic carbocycles. The smallest absolute Gasteiger partial charge is 0.262 e. The van der Waals surface area contributed by atoms with Crippen molar-refractivity contribution in [3.05, 3.63) is 72.1 Å². The van der Waals surface area contributed by atoms with Gasteiger partial charge in [0.15, 0.2) is 0 Å². The first-order valence-electron chi connectivity index (χ1n) is 12.3. The van der Waals surface area contributed by atoms with Crippen LogP contribution in [-0.2, 0) is 14.4 Å². The van der Waals surface area contributed by atoms with E-state index in [0.29, 0.717) is 30.5 Å². The normalized spacial score (nSPS) is 14.1. The third-order valence-electron chi connectivity index (χ3n) is 6.87. The second-order valence-corrected chi connectivity index (χ2v) is 9.06. The second kappa shape index (κ2) is 9.74. The Bertz CT molecular complexity index is 1360. The number of amides is 2. The van der Waals surface area contributed by atoms with E-state index in [-0.39, 0.29) is 17.6 Å². The van der Waals surface area contributed by atoms with Crippen LogP contribution in [-0.4, -0.2) is 39.0 Å². The predicted molar refractivity (Wildman–Crippen MR) is 139 cm³/mol. The summed E-state index contributed by atoms with van der Waals surface area (Å²) in [5.41, 5.74) is 4.25. The van der Waals surface area contributed by atoms with Gasteiger partial charge < -0.3 is 9.97 Å². The number of imide groups is 1. The number of carbonyl (C=O) groups excluding carboxylic acids is 3. The fourth-order valence-corrected chi connectivity index (χ4v) is 4.96.